The van der Waals surface area contributed by atoms with Gasteiger partial charge in [-0.05, 0) is 65.3 Å². The standard InChI is InChI=1S/C16H12BrClO4/c1-10(16(20)11-2-4-12(18)5-3-11)21-15(19)9-7-13-6-8-14(17)22-13/h2-10H,1H3/b9-7+/t10-/m0/s1. The third kappa shape index (κ3) is 4.58. The molecule has 0 aliphatic heterocycles. The fraction of sp³-hybridized carbons (Fsp3) is 0.125. The molecule has 4 nitrogen and oxygen atoms in total. The largest absolute Gasteiger partial charge is 0.451 e. The number of hydrogen-bond donors (Lipinski definition) is 0. The Kier molecular flexibility index (Phi) is 5.57. The quantitative estimate of drug-likeness (QED) is 0.433. The van der Waals surface area contributed by atoms with E-state index in [-0.39, 0.29) is 5.78 Å². The van der Waals surface area contributed by atoms with E-state index in [9.17, 15) is 9.59 Å². The summed E-state index contributed by atoms with van der Waals surface area (Å²) in [5.41, 5.74) is 0.434. The van der Waals surface area contributed by atoms with E-state index in [0.717, 1.165) is 0 Å². The first-order valence-electron chi connectivity index (χ1n) is 6.39. The maximum absolute atomic E-state index is 12.1. The number of carbonyl (C=O) groups is 2. The average molecular weight is 384 g/mol. The van der Waals surface area contributed by atoms with Crippen molar-refractivity contribution < 1.29 is 18.7 Å². The van der Waals surface area contributed by atoms with Crippen LogP contribution in [0.2, 0.25) is 5.02 Å². The molecule has 0 radical (unpaired) electrons. The SMILES string of the molecule is C[C@H](OC(=O)/C=C/c1ccc(Br)o1)C(=O)c1ccc(Cl)cc1. The van der Waals surface area contributed by atoms with Crippen molar-refractivity contribution in [3.8, 4) is 0 Å². The molecule has 0 saturated heterocycles. The van der Waals surface area contributed by atoms with Crippen molar-refractivity contribution in [1.82, 2.24) is 0 Å². The molecule has 0 N–H and O–H groups in total. The fourth-order valence-electron chi connectivity index (χ4n) is 1.68. The molecule has 0 saturated carbocycles. The molecule has 0 aliphatic rings. The Balaban J connectivity index is 1.94. The van der Waals surface area contributed by atoms with Crippen molar-refractivity contribution in [2.45, 2.75) is 13.0 Å². The highest BCUT2D eigenvalue weighted by Gasteiger charge is 2.18. The van der Waals surface area contributed by atoms with Gasteiger partial charge in [0, 0.05) is 16.7 Å². The van der Waals surface area contributed by atoms with Gasteiger partial charge in [0.15, 0.2) is 10.8 Å². The first-order valence-corrected chi connectivity index (χ1v) is 7.56. The average Bonchev–Trinajstić information content (AvgIpc) is 2.91. The summed E-state index contributed by atoms with van der Waals surface area (Å²) in [5.74, 6) is -0.415. The number of carbonyl (C=O) groups excluding carboxylic acids is 2. The molecule has 6 heteroatoms. The van der Waals surface area contributed by atoms with Gasteiger partial charge < -0.3 is 9.15 Å². The highest BCUT2D eigenvalue weighted by atomic mass is 79.9. The van der Waals surface area contributed by atoms with Crippen molar-refractivity contribution in [1.29, 1.82) is 0 Å². The second kappa shape index (κ2) is 7.42. The topological polar surface area (TPSA) is 56.5 Å². The molecule has 1 heterocycles. The molecule has 0 aliphatic carbocycles. The Morgan fingerprint density at radius 1 is 1.23 bits per heavy atom. The zero-order valence-electron chi connectivity index (χ0n) is 11.6. The summed E-state index contributed by atoms with van der Waals surface area (Å²) in [7, 11) is 0. The van der Waals surface area contributed by atoms with Gasteiger partial charge in [0.1, 0.15) is 5.76 Å². The van der Waals surface area contributed by atoms with Crippen molar-refractivity contribution in [2.24, 2.45) is 0 Å². The van der Waals surface area contributed by atoms with Crippen molar-refractivity contribution in [3.05, 3.63) is 63.5 Å². The van der Waals surface area contributed by atoms with Crippen LogP contribution in [0.15, 0.2) is 51.6 Å². The molecule has 0 spiro atoms. The molecule has 0 bridgehead atoms. The Morgan fingerprint density at radius 3 is 2.50 bits per heavy atom. The van der Waals surface area contributed by atoms with Gasteiger partial charge in [-0.2, -0.15) is 0 Å². The number of Topliss-reactive ketones (excluding diaryl/α,β-unsaturated/α-hetero) is 1. The van der Waals surface area contributed by atoms with Crippen LogP contribution >= 0.6 is 27.5 Å². The molecule has 1 aromatic heterocycles. The summed E-state index contributed by atoms with van der Waals surface area (Å²) in [6.45, 7) is 1.52. The lowest BCUT2D eigenvalue weighted by molar-refractivity contribution is -0.140. The van der Waals surface area contributed by atoms with Gasteiger partial charge in [-0.1, -0.05) is 11.6 Å². The lowest BCUT2D eigenvalue weighted by Crippen LogP contribution is -2.23. The van der Waals surface area contributed by atoms with Crippen molar-refractivity contribution >= 4 is 45.4 Å². The molecule has 2 rings (SSSR count). The number of ketones is 1. The molecule has 22 heavy (non-hydrogen) atoms. The number of esters is 1. The number of rotatable bonds is 5. The molecular weight excluding hydrogens is 372 g/mol. The molecule has 0 unspecified atom stereocenters. The third-order valence-electron chi connectivity index (χ3n) is 2.77. The van der Waals surface area contributed by atoms with Crippen LogP contribution in [0.3, 0.4) is 0 Å². The normalized spacial score (nSPS) is 12.3. The van der Waals surface area contributed by atoms with E-state index in [2.05, 4.69) is 15.9 Å². The van der Waals surface area contributed by atoms with Crippen molar-refractivity contribution in [2.75, 3.05) is 0 Å². The van der Waals surface area contributed by atoms with Crippen LogP contribution in [0.4, 0.5) is 0 Å². The van der Waals surface area contributed by atoms with Crippen LogP contribution in [0, 0.1) is 0 Å². The van der Waals surface area contributed by atoms with Gasteiger partial charge in [-0.15, -0.1) is 0 Å². The van der Waals surface area contributed by atoms with Crippen LogP contribution in [0.1, 0.15) is 23.0 Å². The van der Waals surface area contributed by atoms with Gasteiger partial charge in [-0.25, -0.2) is 4.79 Å². The number of halogens is 2. The third-order valence-corrected chi connectivity index (χ3v) is 3.45. The van der Waals surface area contributed by atoms with Crippen LogP contribution in [0.25, 0.3) is 6.08 Å². The summed E-state index contributed by atoms with van der Waals surface area (Å²) >= 11 is 8.92. The second-order valence-electron chi connectivity index (χ2n) is 4.43. The number of hydrogen-bond acceptors (Lipinski definition) is 4. The number of ether oxygens (including phenoxy) is 1. The highest BCUT2D eigenvalue weighted by Crippen LogP contribution is 2.15. The van der Waals surface area contributed by atoms with Gasteiger partial charge in [0.25, 0.3) is 0 Å². The zero-order valence-corrected chi connectivity index (χ0v) is 13.9. The first kappa shape index (κ1) is 16.5. The molecule has 1 aromatic carbocycles. The Hall–Kier alpha value is -1.85. The van der Waals surface area contributed by atoms with E-state index in [4.69, 9.17) is 20.8 Å². The smallest absolute Gasteiger partial charge is 0.331 e. The predicted molar refractivity (Wildman–Crippen MR) is 86.8 cm³/mol. The Labute approximate surface area is 140 Å². The van der Waals surface area contributed by atoms with Crippen molar-refractivity contribution in [3.63, 3.8) is 0 Å². The minimum Gasteiger partial charge on any atom is -0.451 e. The summed E-state index contributed by atoms with van der Waals surface area (Å²) in [5, 5.41) is 0.536. The Morgan fingerprint density at radius 2 is 1.91 bits per heavy atom. The van der Waals surface area contributed by atoms with E-state index in [1.54, 1.807) is 36.4 Å². The lowest BCUT2D eigenvalue weighted by atomic mass is 10.1. The van der Waals surface area contributed by atoms with Crippen LogP contribution in [0.5, 0.6) is 0 Å². The van der Waals surface area contributed by atoms with Gasteiger partial charge in [0.2, 0.25) is 5.78 Å². The summed E-state index contributed by atoms with van der Waals surface area (Å²) in [6, 6.07) is 9.79. The summed E-state index contributed by atoms with van der Waals surface area (Å²) in [6.07, 6.45) is 1.78. The molecular formula is C16H12BrClO4. The molecule has 0 fully saturated rings. The monoisotopic (exact) mass is 382 g/mol. The van der Waals surface area contributed by atoms with E-state index in [1.807, 2.05) is 0 Å². The zero-order chi connectivity index (χ0) is 16.1. The molecule has 0 amide bonds. The van der Waals surface area contributed by atoms with E-state index in [0.29, 0.717) is 21.0 Å². The van der Waals surface area contributed by atoms with E-state index in [1.165, 1.54) is 19.1 Å². The van der Waals surface area contributed by atoms with Crippen LogP contribution in [-0.4, -0.2) is 17.9 Å². The summed E-state index contributed by atoms with van der Waals surface area (Å²) in [4.78, 5) is 23.8. The summed E-state index contributed by atoms with van der Waals surface area (Å²) < 4.78 is 10.8. The highest BCUT2D eigenvalue weighted by molar-refractivity contribution is 9.10. The van der Waals surface area contributed by atoms with Crippen LogP contribution in [-0.2, 0) is 9.53 Å². The lowest BCUT2D eigenvalue weighted by Gasteiger charge is -2.10. The number of benzene rings is 1. The van der Waals surface area contributed by atoms with E-state index < -0.39 is 12.1 Å². The maximum atomic E-state index is 12.1. The van der Waals surface area contributed by atoms with Crippen LogP contribution < -0.4 is 0 Å². The predicted octanol–water partition coefficient (Wildman–Crippen LogP) is 4.52. The molecule has 1 atom stereocenters. The maximum Gasteiger partial charge on any atom is 0.331 e. The fourth-order valence-corrected chi connectivity index (χ4v) is 2.13. The minimum atomic E-state index is -0.887. The van der Waals surface area contributed by atoms with Gasteiger partial charge >= 0.3 is 5.97 Å². The molecule has 114 valence electrons. The first-order chi connectivity index (χ1) is 10.5. The van der Waals surface area contributed by atoms with Gasteiger partial charge in [0.05, 0.1) is 0 Å². The number of furan rings is 1. The second-order valence-corrected chi connectivity index (χ2v) is 5.64. The minimum absolute atomic E-state index is 0.292. The Bertz CT molecular complexity index is 703. The van der Waals surface area contributed by atoms with E-state index >= 15 is 0 Å². The molecule has 2 aromatic rings. The van der Waals surface area contributed by atoms with Gasteiger partial charge in [-0.3, -0.25) is 4.79 Å².